The molecule has 0 aliphatic rings. The quantitative estimate of drug-likeness (QED) is 0.827. The Bertz CT molecular complexity index is 639. The second-order valence-electron chi connectivity index (χ2n) is 4.20. The number of anilines is 1. The van der Waals surface area contributed by atoms with Gasteiger partial charge in [-0.2, -0.15) is 0 Å². The zero-order valence-corrected chi connectivity index (χ0v) is 11.4. The molecular weight excluding hydrogens is 250 g/mol. The largest absolute Gasteiger partial charge is 0.445 e. The predicted octanol–water partition coefficient (Wildman–Crippen LogP) is 4.52. The van der Waals surface area contributed by atoms with Crippen LogP contribution in [0.15, 0.2) is 66.8 Å². The lowest BCUT2D eigenvalue weighted by Crippen LogP contribution is -2.13. The van der Waals surface area contributed by atoms with Crippen molar-refractivity contribution in [1.29, 1.82) is 0 Å². The van der Waals surface area contributed by atoms with Gasteiger partial charge in [0.25, 0.3) is 0 Å². The van der Waals surface area contributed by atoms with Gasteiger partial charge in [0.05, 0.1) is 5.69 Å². The van der Waals surface area contributed by atoms with E-state index in [1.807, 2.05) is 67.6 Å². The fourth-order valence-corrected chi connectivity index (χ4v) is 1.85. The van der Waals surface area contributed by atoms with Crippen LogP contribution in [0.1, 0.15) is 6.92 Å². The van der Waals surface area contributed by atoms with Gasteiger partial charge in [-0.05, 0) is 24.5 Å². The second kappa shape index (κ2) is 7.14. The van der Waals surface area contributed by atoms with Crippen LogP contribution < -0.4 is 5.32 Å². The van der Waals surface area contributed by atoms with Crippen LogP contribution in [0.2, 0.25) is 0 Å². The molecule has 0 aliphatic heterocycles. The molecule has 0 saturated carbocycles. The SMILES string of the molecule is C/C=C/C=C/COC(=O)Nc1cccc2ccccc12. The highest BCUT2D eigenvalue weighted by Gasteiger charge is 2.05. The zero-order chi connectivity index (χ0) is 14.2. The average molecular weight is 267 g/mol. The molecule has 2 aromatic rings. The minimum atomic E-state index is -0.452. The molecule has 0 saturated heterocycles. The van der Waals surface area contributed by atoms with Crippen molar-refractivity contribution in [2.24, 2.45) is 0 Å². The summed E-state index contributed by atoms with van der Waals surface area (Å²) >= 11 is 0. The van der Waals surface area contributed by atoms with E-state index in [-0.39, 0.29) is 6.61 Å². The summed E-state index contributed by atoms with van der Waals surface area (Å²) < 4.78 is 5.07. The maximum atomic E-state index is 11.7. The van der Waals surface area contributed by atoms with E-state index in [2.05, 4.69) is 5.32 Å². The summed E-state index contributed by atoms with van der Waals surface area (Å²) in [6.45, 7) is 2.18. The van der Waals surface area contributed by atoms with Crippen molar-refractivity contribution in [3.05, 3.63) is 66.8 Å². The Morgan fingerprint density at radius 2 is 1.95 bits per heavy atom. The minimum Gasteiger partial charge on any atom is -0.445 e. The van der Waals surface area contributed by atoms with Crippen LogP contribution >= 0.6 is 0 Å². The van der Waals surface area contributed by atoms with E-state index in [1.54, 1.807) is 6.08 Å². The molecule has 1 N–H and O–H groups in total. The molecule has 0 heterocycles. The smallest absolute Gasteiger partial charge is 0.411 e. The molecule has 0 aliphatic carbocycles. The first-order chi connectivity index (χ1) is 9.81. The van der Waals surface area contributed by atoms with Gasteiger partial charge >= 0.3 is 6.09 Å². The highest BCUT2D eigenvalue weighted by molar-refractivity contribution is 6.00. The first-order valence-corrected chi connectivity index (χ1v) is 6.50. The third-order valence-corrected chi connectivity index (χ3v) is 2.78. The van der Waals surface area contributed by atoms with Gasteiger partial charge in [-0.1, -0.05) is 54.6 Å². The summed E-state index contributed by atoms with van der Waals surface area (Å²) in [7, 11) is 0. The Morgan fingerprint density at radius 3 is 2.80 bits per heavy atom. The standard InChI is InChI=1S/C17H17NO2/c1-2-3-4-7-13-20-17(19)18-16-12-8-10-14-9-5-6-11-15(14)16/h2-12H,13H2,1H3,(H,18,19)/b3-2+,7-4+. The number of fused-ring (bicyclic) bond motifs is 1. The molecule has 20 heavy (non-hydrogen) atoms. The van der Waals surface area contributed by atoms with Crippen molar-refractivity contribution in [2.45, 2.75) is 6.92 Å². The van der Waals surface area contributed by atoms with Crippen molar-refractivity contribution in [1.82, 2.24) is 0 Å². The van der Waals surface area contributed by atoms with Gasteiger partial charge in [-0.25, -0.2) is 4.79 Å². The highest BCUT2D eigenvalue weighted by Crippen LogP contribution is 2.22. The van der Waals surface area contributed by atoms with Gasteiger partial charge in [0.2, 0.25) is 0 Å². The number of allylic oxidation sites excluding steroid dienone is 3. The number of carbonyl (C=O) groups is 1. The molecule has 0 bridgehead atoms. The van der Waals surface area contributed by atoms with E-state index in [9.17, 15) is 4.79 Å². The van der Waals surface area contributed by atoms with Gasteiger partial charge in [0.1, 0.15) is 6.61 Å². The summed E-state index contributed by atoms with van der Waals surface area (Å²) in [6.07, 6.45) is 6.96. The van der Waals surface area contributed by atoms with E-state index in [0.717, 1.165) is 16.5 Å². The van der Waals surface area contributed by atoms with Crippen LogP contribution in [0, 0.1) is 0 Å². The summed E-state index contributed by atoms with van der Waals surface area (Å²) in [5, 5.41) is 4.84. The Hall–Kier alpha value is -2.55. The first kappa shape index (κ1) is 13.9. The molecule has 0 radical (unpaired) electrons. The molecule has 2 aromatic carbocycles. The van der Waals surface area contributed by atoms with E-state index >= 15 is 0 Å². The fourth-order valence-electron chi connectivity index (χ4n) is 1.85. The van der Waals surface area contributed by atoms with Gasteiger partial charge in [-0.15, -0.1) is 0 Å². The Kier molecular flexibility index (Phi) is 4.95. The normalized spacial score (nSPS) is 11.2. The Labute approximate surface area is 118 Å². The number of amides is 1. The highest BCUT2D eigenvalue weighted by atomic mass is 16.5. The maximum absolute atomic E-state index is 11.7. The average Bonchev–Trinajstić information content (AvgIpc) is 2.47. The van der Waals surface area contributed by atoms with Gasteiger partial charge in [0, 0.05) is 5.39 Å². The van der Waals surface area contributed by atoms with Crippen molar-refractivity contribution < 1.29 is 9.53 Å². The van der Waals surface area contributed by atoms with Crippen molar-refractivity contribution >= 4 is 22.6 Å². The lowest BCUT2D eigenvalue weighted by atomic mass is 10.1. The van der Waals surface area contributed by atoms with Gasteiger partial charge in [-0.3, -0.25) is 5.32 Å². The number of ether oxygens (including phenoxy) is 1. The molecule has 2 rings (SSSR count). The fraction of sp³-hybridized carbons (Fsp3) is 0.118. The molecule has 0 atom stereocenters. The number of hydrogen-bond donors (Lipinski definition) is 1. The lowest BCUT2D eigenvalue weighted by Gasteiger charge is -2.08. The minimum absolute atomic E-state index is 0.251. The molecule has 0 fully saturated rings. The van der Waals surface area contributed by atoms with Crippen LogP contribution in [-0.2, 0) is 4.74 Å². The molecule has 3 heteroatoms. The number of carbonyl (C=O) groups excluding carboxylic acids is 1. The van der Waals surface area contributed by atoms with Crippen LogP contribution in [0.5, 0.6) is 0 Å². The maximum Gasteiger partial charge on any atom is 0.411 e. The summed E-state index contributed by atoms with van der Waals surface area (Å²) in [5.74, 6) is 0. The van der Waals surface area contributed by atoms with E-state index in [1.165, 1.54) is 0 Å². The zero-order valence-electron chi connectivity index (χ0n) is 11.4. The van der Waals surface area contributed by atoms with Gasteiger partial charge in [0.15, 0.2) is 0 Å². The Morgan fingerprint density at radius 1 is 1.15 bits per heavy atom. The second-order valence-corrected chi connectivity index (χ2v) is 4.20. The van der Waals surface area contributed by atoms with Crippen molar-refractivity contribution in [2.75, 3.05) is 11.9 Å². The number of nitrogens with one attached hydrogen (secondary N) is 1. The predicted molar refractivity (Wildman–Crippen MR) is 82.9 cm³/mol. The van der Waals surface area contributed by atoms with Crippen LogP contribution in [0.4, 0.5) is 10.5 Å². The van der Waals surface area contributed by atoms with Crippen molar-refractivity contribution in [3.63, 3.8) is 0 Å². The van der Waals surface area contributed by atoms with Crippen LogP contribution in [0.3, 0.4) is 0 Å². The molecule has 0 aromatic heterocycles. The molecule has 0 unspecified atom stereocenters. The third-order valence-electron chi connectivity index (χ3n) is 2.78. The van der Waals surface area contributed by atoms with E-state index in [4.69, 9.17) is 4.74 Å². The number of hydrogen-bond acceptors (Lipinski definition) is 2. The topological polar surface area (TPSA) is 38.3 Å². The summed E-state index contributed by atoms with van der Waals surface area (Å²) in [5.41, 5.74) is 0.755. The number of benzene rings is 2. The molecule has 1 amide bonds. The Balaban J connectivity index is 1.99. The monoisotopic (exact) mass is 267 g/mol. The third kappa shape index (κ3) is 3.72. The molecule has 102 valence electrons. The van der Waals surface area contributed by atoms with E-state index in [0.29, 0.717) is 0 Å². The van der Waals surface area contributed by atoms with Crippen LogP contribution in [-0.4, -0.2) is 12.7 Å². The van der Waals surface area contributed by atoms with Gasteiger partial charge < -0.3 is 4.74 Å². The lowest BCUT2D eigenvalue weighted by molar-refractivity contribution is 0.174. The first-order valence-electron chi connectivity index (χ1n) is 6.50. The van der Waals surface area contributed by atoms with Crippen LogP contribution in [0.25, 0.3) is 10.8 Å². The summed E-state index contributed by atoms with van der Waals surface area (Å²) in [6, 6.07) is 13.7. The van der Waals surface area contributed by atoms with E-state index < -0.39 is 6.09 Å². The molecular formula is C17H17NO2. The van der Waals surface area contributed by atoms with Crippen molar-refractivity contribution in [3.8, 4) is 0 Å². The summed E-state index contributed by atoms with van der Waals surface area (Å²) in [4.78, 5) is 11.7. The number of rotatable bonds is 4. The molecule has 3 nitrogen and oxygen atoms in total. The molecule has 0 spiro atoms.